The first-order chi connectivity index (χ1) is 10.3. The van der Waals surface area contributed by atoms with Crippen LogP contribution in [0.15, 0.2) is 24.3 Å². The lowest BCUT2D eigenvalue weighted by Crippen LogP contribution is -2.47. The minimum Gasteiger partial charge on any atom is -0.444 e. The maximum atomic E-state index is 12.2. The first-order valence-electron chi connectivity index (χ1n) is 7.55. The standard InChI is InChI=1S/C17H24INO3/c1-16(2,3)22-15(20)19-11-9-17(21-4,10-12-19)13-5-7-14(18)8-6-13/h5-8H,9-12H2,1-4H3. The van der Waals surface area contributed by atoms with E-state index in [1.54, 1.807) is 12.0 Å². The molecule has 4 nitrogen and oxygen atoms in total. The van der Waals surface area contributed by atoms with Gasteiger partial charge in [-0.25, -0.2) is 4.79 Å². The first kappa shape index (κ1) is 17.5. The van der Waals surface area contributed by atoms with Crippen molar-refractivity contribution in [2.45, 2.75) is 44.8 Å². The van der Waals surface area contributed by atoms with E-state index in [1.165, 1.54) is 9.13 Å². The molecule has 0 N–H and O–H groups in total. The number of nitrogens with zero attached hydrogens (tertiary/aromatic N) is 1. The smallest absolute Gasteiger partial charge is 0.410 e. The molecule has 0 aliphatic carbocycles. The minimum absolute atomic E-state index is 0.236. The van der Waals surface area contributed by atoms with Gasteiger partial charge in [0.15, 0.2) is 0 Å². The van der Waals surface area contributed by atoms with E-state index >= 15 is 0 Å². The molecule has 0 atom stereocenters. The largest absolute Gasteiger partial charge is 0.444 e. The molecule has 1 amide bonds. The van der Waals surface area contributed by atoms with Crippen molar-refractivity contribution in [1.82, 2.24) is 4.90 Å². The van der Waals surface area contributed by atoms with Crippen LogP contribution in [0.2, 0.25) is 0 Å². The van der Waals surface area contributed by atoms with Gasteiger partial charge in [0, 0.05) is 23.8 Å². The van der Waals surface area contributed by atoms with Gasteiger partial charge in [0.25, 0.3) is 0 Å². The average Bonchev–Trinajstić information content (AvgIpc) is 2.46. The van der Waals surface area contributed by atoms with Crippen LogP contribution < -0.4 is 0 Å². The summed E-state index contributed by atoms with van der Waals surface area (Å²) in [7, 11) is 1.75. The number of halogens is 1. The molecule has 0 radical (unpaired) electrons. The molecule has 2 rings (SSSR count). The number of hydrogen-bond acceptors (Lipinski definition) is 3. The van der Waals surface area contributed by atoms with Crippen LogP contribution in [0.25, 0.3) is 0 Å². The van der Waals surface area contributed by atoms with Crippen LogP contribution in [0.4, 0.5) is 4.79 Å². The van der Waals surface area contributed by atoms with Crippen LogP contribution in [0, 0.1) is 3.57 Å². The van der Waals surface area contributed by atoms with Crippen molar-refractivity contribution in [2.24, 2.45) is 0 Å². The second-order valence-electron chi connectivity index (χ2n) is 6.67. The Balaban J connectivity index is 2.05. The van der Waals surface area contributed by atoms with Crippen LogP contribution in [-0.2, 0) is 15.1 Å². The number of carbonyl (C=O) groups is 1. The third kappa shape index (κ3) is 4.13. The van der Waals surface area contributed by atoms with Gasteiger partial charge in [0.1, 0.15) is 5.60 Å². The number of methoxy groups -OCH3 is 1. The number of piperidine rings is 1. The zero-order chi connectivity index (χ0) is 16.4. The monoisotopic (exact) mass is 417 g/mol. The maximum absolute atomic E-state index is 12.2. The van der Waals surface area contributed by atoms with E-state index in [2.05, 4.69) is 46.9 Å². The predicted molar refractivity (Wildman–Crippen MR) is 94.9 cm³/mol. The normalized spacial score (nSPS) is 18.1. The molecule has 0 bridgehead atoms. The highest BCUT2D eigenvalue weighted by molar-refractivity contribution is 14.1. The topological polar surface area (TPSA) is 38.8 Å². The van der Waals surface area contributed by atoms with E-state index in [0.29, 0.717) is 13.1 Å². The highest BCUT2D eigenvalue weighted by atomic mass is 127. The molecule has 1 aromatic carbocycles. The van der Waals surface area contributed by atoms with Crippen molar-refractivity contribution in [1.29, 1.82) is 0 Å². The van der Waals surface area contributed by atoms with Crippen LogP contribution in [0.3, 0.4) is 0 Å². The summed E-state index contributed by atoms with van der Waals surface area (Å²) in [6.45, 7) is 6.96. The molecule has 1 aromatic rings. The van der Waals surface area contributed by atoms with Crippen molar-refractivity contribution < 1.29 is 14.3 Å². The average molecular weight is 417 g/mol. The van der Waals surface area contributed by atoms with Gasteiger partial charge < -0.3 is 14.4 Å². The number of carbonyl (C=O) groups excluding carboxylic acids is 1. The van der Waals surface area contributed by atoms with E-state index < -0.39 is 5.60 Å². The Bertz CT molecular complexity index is 514. The highest BCUT2D eigenvalue weighted by Crippen LogP contribution is 2.36. The summed E-state index contributed by atoms with van der Waals surface area (Å²) >= 11 is 2.30. The molecule has 0 spiro atoms. The molecule has 1 fully saturated rings. The fourth-order valence-corrected chi connectivity index (χ4v) is 3.10. The van der Waals surface area contributed by atoms with Gasteiger partial charge in [-0.3, -0.25) is 0 Å². The summed E-state index contributed by atoms with van der Waals surface area (Å²) in [4.78, 5) is 13.9. The fraction of sp³-hybridized carbons (Fsp3) is 0.588. The van der Waals surface area contributed by atoms with Crippen molar-refractivity contribution in [3.63, 3.8) is 0 Å². The highest BCUT2D eigenvalue weighted by Gasteiger charge is 2.38. The summed E-state index contributed by atoms with van der Waals surface area (Å²) < 4.78 is 12.5. The van der Waals surface area contributed by atoms with Gasteiger partial charge in [-0.1, -0.05) is 12.1 Å². The lowest BCUT2D eigenvalue weighted by molar-refractivity contribution is -0.0650. The summed E-state index contributed by atoms with van der Waals surface area (Å²) in [5.41, 5.74) is 0.422. The van der Waals surface area contributed by atoms with Crippen LogP contribution >= 0.6 is 22.6 Å². The van der Waals surface area contributed by atoms with Gasteiger partial charge in [-0.15, -0.1) is 0 Å². The summed E-state index contributed by atoms with van der Waals surface area (Å²) in [6, 6.07) is 8.43. The lowest BCUT2D eigenvalue weighted by atomic mass is 9.84. The maximum Gasteiger partial charge on any atom is 0.410 e. The second kappa shape index (κ2) is 6.74. The summed E-state index contributed by atoms with van der Waals surface area (Å²) in [5, 5.41) is 0. The lowest BCUT2D eigenvalue weighted by Gasteiger charge is -2.41. The Morgan fingerprint density at radius 2 is 1.73 bits per heavy atom. The van der Waals surface area contributed by atoms with Gasteiger partial charge in [0.2, 0.25) is 0 Å². The molecule has 122 valence electrons. The number of rotatable bonds is 2. The molecule has 0 saturated carbocycles. The Labute approximate surface area is 146 Å². The molecular weight excluding hydrogens is 393 g/mol. The Morgan fingerprint density at radius 1 is 1.18 bits per heavy atom. The number of ether oxygens (including phenoxy) is 2. The van der Waals surface area contributed by atoms with Gasteiger partial charge in [-0.05, 0) is 73.9 Å². The molecule has 1 heterocycles. The molecule has 0 unspecified atom stereocenters. The van der Waals surface area contributed by atoms with Crippen molar-refractivity contribution in [3.8, 4) is 0 Å². The number of hydrogen-bond donors (Lipinski definition) is 0. The van der Waals surface area contributed by atoms with Crippen molar-refractivity contribution in [2.75, 3.05) is 20.2 Å². The molecule has 1 aliphatic heterocycles. The SMILES string of the molecule is COC1(c2ccc(I)cc2)CCN(C(=O)OC(C)(C)C)CC1. The Kier molecular flexibility index (Phi) is 5.37. The fourth-order valence-electron chi connectivity index (χ4n) is 2.74. The van der Waals surface area contributed by atoms with Crippen molar-refractivity contribution in [3.05, 3.63) is 33.4 Å². The third-order valence-electron chi connectivity index (χ3n) is 3.98. The Hall–Kier alpha value is -0.820. The van der Waals surface area contributed by atoms with Crippen molar-refractivity contribution >= 4 is 28.7 Å². The quantitative estimate of drug-likeness (QED) is 0.679. The van der Waals surface area contributed by atoms with Crippen LogP contribution in [0.5, 0.6) is 0 Å². The summed E-state index contributed by atoms with van der Waals surface area (Å²) in [6.07, 6.45) is 1.33. The van der Waals surface area contributed by atoms with Gasteiger partial charge >= 0.3 is 6.09 Å². The molecule has 1 aliphatic rings. The zero-order valence-corrected chi connectivity index (χ0v) is 15.8. The molecule has 22 heavy (non-hydrogen) atoms. The zero-order valence-electron chi connectivity index (χ0n) is 13.7. The second-order valence-corrected chi connectivity index (χ2v) is 7.92. The molecule has 1 saturated heterocycles. The van der Waals surface area contributed by atoms with E-state index in [1.807, 2.05) is 20.8 Å². The van der Waals surface area contributed by atoms with Gasteiger partial charge in [-0.2, -0.15) is 0 Å². The Morgan fingerprint density at radius 3 is 2.18 bits per heavy atom. The van der Waals surface area contributed by atoms with Crippen LogP contribution in [0.1, 0.15) is 39.2 Å². The number of amides is 1. The van der Waals surface area contributed by atoms with E-state index in [-0.39, 0.29) is 11.7 Å². The third-order valence-corrected chi connectivity index (χ3v) is 4.70. The minimum atomic E-state index is -0.455. The number of benzene rings is 1. The first-order valence-corrected chi connectivity index (χ1v) is 8.63. The summed E-state index contributed by atoms with van der Waals surface area (Å²) in [5.74, 6) is 0. The van der Waals surface area contributed by atoms with Crippen LogP contribution in [-0.4, -0.2) is 36.8 Å². The van der Waals surface area contributed by atoms with E-state index in [4.69, 9.17) is 9.47 Å². The van der Waals surface area contributed by atoms with Gasteiger partial charge in [0.05, 0.1) is 5.60 Å². The molecule has 5 heteroatoms. The van der Waals surface area contributed by atoms with E-state index in [0.717, 1.165) is 12.8 Å². The van der Waals surface area contributed by atoms with E-state index in [9.17, 15) is 4.79 Å². The number of likely N-dealkylation sites (tertiary alicyclic amines) is 1. The predicted octanol–water partition coefficient (Wildman–Crippen LogP) is 4.16. The molecule has 0 aromatic heterocycles. The molecular formula is C17H24INO3.